The Morgan fingerprint density at radius 2 is 2.00 bits per heavy atom. The Bertz CT molecular complexity index is 543. The molecule has 0 amide bonds. The first kappa shape index (κ1) is 10.1. The van der Waals surface area contributed by atoms with Crippen LogP contribution < -0.4 is 5.73 Å². The molecule has 1 aliphatic carbocycles. The van der Waals surface area contributed by atoms with Crippen LogP contribution in [0.15, 0.2) is 36.4 Å². The van der Waals surface area contributed by atoms with Gasteiger partial charge in [-0.1, -0.05) is 41.9 Å². The van der Waals surface area contributed by atoms with Crippen LogP contribution >= 0.6 is 11.6 Å². The molecule has 0 bridgehead atoms. The molecule has 0 spiro atoms. The van der Waals surface area contributed by atoms with Gasteiger partial charge < -0.3 is 5.73 Å². The second kappa shape index (κ2) is 3.47. The molecular weight excluding hydrogens is 218 g/mol. The van der Waals surface area contributed by atoms with Gasteiger partial charge in [-0.05, 0) is 29.9 Å². The molecule has 1 aliphatic rings. The van der Waals surface area contributed by atoms with Crippen LogP contribution in [0.5, 0.6) is 0 Å². The van der Waals surface area contributed by atoms with Crippen LogP contribution in [0.2, 0.25) is 5.02 Å². The maximum atomic E-state index is 6.15. The summed E-state index contributed by atoms with van der Waals surface area (Å²) in [5, 5.41) is 3.16. The molecule has 2 N–H and O–H groups in total. The molecule has 82 valence electrons. The molecule has 2 heteroatoms. The van der Waals surface area contributed by atoms with Crippen LogP contribution in [0, 0.1) is 0 Å². The third kappa shape index (κ3) is 1.43. The van der Waals surface area contributed by atoms with E-state index in [-0.39, 0.29) is 5.41 Å². The van der Waals surface area contributed by atoms with Crippen molar-refractivity contribution in [1.82, 2.24) is 0 Å². The average Bonchev–Trinajstić information content (AvgIpc) is 3.10. The molecule has 16 heavy (non-hydrogen) atoms. The first-order chi connectivity index (χ1) is 7.75. The van der Waals surface area contributed by atoms with Gasteiger partial charge in [0.2, 0.25) is 0 Å². The predicted octanol–water partition coefficient (Wildman–Crippen LogP) is 3.48. The van der Waals surface area contributed by atoms with Crippen molar-refractivity contribution in [2.24, 2.45) is 5.73 Å². The van der Waals surface area contributed by atoms with Crippen molar-refractivity contribution in [1.29, 1.82) is 0 Å². The molecule has 1 nitrogen and oxygen atoms in total. The lowest BCUT2D eigenvalue weighted by Crippen LogP contribution is -2.19. The number of hydrogen-bond acceptors (Lipinski definition) is 1. The zero-order valence-corrected chi connectivity index (χ0v) is 9.80. The summed E-state index contributed by atoms with van der Waals surface area (Å²) in [5.74, 6) is 0. The number of benzene rings is 2. The Morgan fingerprint density at radius 3 is 2.69 bits per heavy atom. The molecule has 0 atom stereocenters. The van der Waals surface area contributed by atoms with Gasteiger partial charge in [-0.25, -0.2) is 0 Å². The highest BCUT2D eigenvalue weighted by Gasteiger charge is 2.42. The number of fused-ring (bicyclic) bond motifs is 1. The molecule has 3 rings (SSSR count). The molecule has 0 saturated heterocycles. The van der Waals surface area contributed by atoms with Crippen LogP contribution in [0.3, 0.4) is 0 Å². The van der Waals surface area contributed by atoms with Crippen molar-refractivity contribution in [2.75, 3.05) is 6.54 Å². The van der Waals surface area contributed by atoms with E-state index in [4.69, 9.17) is 17.3 Å². The lowest BCUT2D eigenvalue weighted by Gasteiger charge is -2.13. The second-order valence-electron chi connectivity index (χ2n) is 4.66. The first-order valence-corrected chi connectivity index (χ1v) is 6.02. The second-order valence-corrected chi connectivity index (χ2v) is 5.07. The SMILES string of the molecule is NCC1(c2ccc3c(Cl)cccc3c2)CC1. The van der Waals surface area contributed by atoms with Crippen LogP contribution in [0.4, 0.5) is 0 Å². The topological polar surface area (TPSA) is 26.0 Å². The van der Waals surface area contributed by atoms with Crippen molar-refractivity contribution in [3.8, 4) is 0 Å². The van der Waals surface area contributed by atoms with Gasteiger partial charge in [0.1, 0.15) is 0 Å². The third-order valence-corrected chi connectivity index (χ3v) is 4.01. The Hall–Kier alpha value is -1.05. The fraction of sp³-hybridized carbons (Fsp3) is 0.286. The fourth-order valence-corrected chi connectivity index (χ4v) is 2.58. The van der Waals surface area contributed by atoms with Crippen LogP contribution in [-0.2, 0) is 5.41 Å². The van der Waals surface area contributed by atoms with Crippen LogP contribution in [0.25, 0.3) is 10.8 Å². The molecule has 1 saturated carbocycles. The van der Waals surface area contributed by atoms with E-state index in [1.54, 1.807) is 0 Å². The molecular formula is C14H14ClN. The molecule has 1 fully saturated rings. The lowest BCUT2D eigenvalue weighted by molar-refractivity contribution is 0.706. The number of halogens is 1. The summed E-state index contributed by atoms with van der Waals surface area (Å²) in [5.41, 5.74) is 7.47. The molecule has 0 radical (unpaired) electrons. The van der Waals surface area contributed by atoms with Crippen molar-refractivity contribution in [3.63, 3.8) is 0 Å². The normalized spacial score (nSPS) is 17.6. The largest absolute Gasteiger partial charge is 0.330 e. The molecule has 0 aliphatic heterocycles. The van der Waals surface area contributed by atoms with E-state index in [1.807, 2.05) is 12.1 Å². The Morgan fingerprint density at radius 1 is 1.19 bits per heavy atom. The van der Waals surface area contributed by atoms with E-state index in [9.17, 15) is 0 Å². The van der Waals surface area contributed by atoms with E-state index >= 15 is 0 Å². The number of rotatable bonds is 2. The minimum atomic E-state index is 0.260. The molecule has 0 aromatic heterocycles. The van der Waals surface area contributed by atoms with Crippen molar-refractivity contribution in [3.05, 3.63) is 47.0 Å². The minimum Gasteiger partial charge on any atom is -0.330 e. The maximum absolute atomic E-state index is 6.15. The lowest BCUT2D eigenvalue weighted by atomic mass is 9.94. The third-order valence-electron chi connectivity index (χ3n) is 3.68. The maximum Gasteiger partial charge on any atom is 0.0484 e. The highest BCUT2D eigenvalue weighted by atomic mass is 35.5. The summed E-state index contributed by atoms with van der Waals surface area (Å²) in [6.07, 6.45) is 2.44. The van der Waals surface area contributed by atoms with E-state index in [0.29, 0.717) is 0 Å². The number of hydrogen-bond donors (Lipinski definition) is 1. The van der Waals surface area contributed by atoms with Gasteiger partial charge in [-0.3, -0.25) is 0 Å². The van der Waals surface area contributed by atoms with Gasteiger partial charge in [0.05, 0.1) is 0 Å². The van der Waals surface area contributed by atoms with Crippen molar-refractivity contribution in [2.45, 2.75) is 18.3 Å². The standard InChI is InChI=1S/C14H14ClN/c15-13-3-1-2-10-8-11(4-5-12(10)13)14(9-16)6-7-14/h1-5,8H,6-7,9,16H2. The highest BCUT2D eigenvalue weighted by molar-refractivity contribution is 6.35. The molecule has 2 aromatic carbocycles. The van der Waals surface area contributed by atoms with Gasteiger partial charge in [-0.15, -0.1) is 0 Å². The van der Waals surface area contributed by atoms with Gasteiger partial charge in [0, 0.05) is 22.4 Å². The highest BCUT2D eigenvalue weighted by Crippen LogP contribution is 2.47. The minimum absolute atomic E-state index is 0.260. The fourth-order valence-electron chi connectivity index (χ4n) is 2.34. The van der Waals surface area contributed by atoms with Crippen molar-refractivity contribution >= 4 is 22.4 Å². The van der Waals surface area contributed by atoms with Crippen LogP contribution in [0.1, 0.15) is 18.4 Å². The van der Waals surface area contributed by atoms with Gasteiger partial charge in [0.15, 0.2) is 0 Å². The van der Waals surface area contributed by atoms with E-state index in [0.717, 1.165) is 17.0 Å². The average molecular weight is 232 g/mol. The Kier molecular flexibility index (Phi) is 2.20. The summed E-state index contributed by atoms with van der Waals surface area (Å²) < 4.78 is 0. The summed E-state index contributed by atoms with van der Waals surface area (Å²) in [7, 11) is 0. The Labute approximate surface area is 100 Å². The van der Waals surface area contributed by atoms with Gasteiger partial charge in [0.25, 0.3) is 0 Å². The molecule has 0 unspecified atom stereocenters. The zero-order chi connectivity index (χ0) is 11.2. The van der Waals surface area contributed by atoms with E-state index < -0.39 is 0 Å². The summed E-state index contributed by atoms with van der Waals surface area (Å²) in [6.45, 7) is 0.749. The van der Waals surface area contributed by atoms with Gasteiger partial charge >= 0.3 is 0 Å². The Balaban J connectivity index is 2.17. The molecule has 0 heterocycles. The quantitative estimate of drug-likeness (QED) is 0.842. The zero-order valence-electron chi connectivity index (χ0n) is 9.04. The van der Waals surface area contributed by atoms with Crippen molar-refractivity contribution < 1.29 is 0 Å². The van der Waals surface area contributed by atoms with Crippen LogP contribution in [-0.4, -0.2) is 6.54 Å². The monoisotopic (exact) mass is 231 g/mol. The first-order valence-electron chi connectivity index (χ1n) is 5.64. The van der Waals surface area contributed by atoms with E-state index in [1.165, 1.54) is 23.8 Å². The molecule has 2 aromatic rings. The number of nitrogens with two attached hydrogens (primary N) is 1. The van der Waals surface area contributed by atoms with E-state index in [2.05, 4.69) is 24.3 Å². The predicted molar refractivity (Wildman–Crippen MR) is 68.9 cm³/mol. The summed E-state index contributed by atoms with van der Waals surface area (Å²) in [6, 6.07) is 12.6. The summed E-state index contributed by atoms with van der Waals surface area (Å²) >= 11 is 6.15. The smallest absolute Gasteiger partial charge is 0.0484 e. The van der Waals surface area contributed by atoms with Gasteiger partial charge in [-0.2, -0.15) is 0 Å². The summed E-state index contributed by atoms with van der Waals surface area (Å²) in [4.78, 5) is 0.